The topological polar surface area (TPSA) is 66.3 Å². The van der Waals surface area contributed by atoms with Gasteiger partial charge in [0.15, 0.2) is 0 Å². The lowest BCUT2D eigenvalue weighted by Gasteiger charge is -2.32. The van der Waals surface area contributed by atoms with Gasteiger partial charge in [-0.3, -0.25) is 0 Å². The third-order valence-electron chi connectivity index (χ3n) is 3.13. The molecule has 0 saturated carbocycles. The van der Waals surface area contributed by atoms with Gasteiger partial charge in [0, 0.05) is 24.2 Å². The van der Waals surface area contributed by atoms with Gasteiger partial charge in [-0.2, -0.15) is 0 Å². The molecule has 100 valence electrons. The Hall–Kier alpha value is -2.17. The lowest BCUT2D eigenvalue weighted by atomic mass is 10.1. The van der Waals surface area contributed by atoms with Gasteiger partial charge in [-0.25, -0.2) is 14.8 Å². The largest absolute Gasteiger partial charge is 0.478 e. The molecule has 0 unspecified atom stereocenters. The minimum atomic E-state index is -0.978. The zero-order valence-electron chi connectivity index (χ0n) is 11.5. The molecule has 0 aliphatic rings. The predicted molar refractivity (Wildman–Crippen MR) is 74.7 cm³/mol. The monoisotopic (exact) mass is 259 g/mol. The molecule has 0 aliphatic heterocycles. The summed E-state index contributed by atoms with van der Waals surface area (Å²) in [6, 6.07) is 5.06. The number of hydrogen-bond acceptors (Lipinski definition) is 4. The van der Waals surface area contributed by atoms with Gasteiger partial charge in [0.05, 0.1) is 11.1 Å². The van der Waals surface area contributed by atoms with Crippen LogP contribution in [0.25, 0.3) is 10.9 Å². The maximum atomic E-state index is 11.2. The first-order valence-corrected chi connectivity index (χ1v) is 6.03. The normalized spacial score (nSPS) is 11.6. The number of carboxylic acids is 1. The van der Waals surface area contributed by atoms with Crippen molar-refractivity contribution in [3.8, 4) is 0 Å². The zero-order valence-corrected chi connectivity index (χ0v) is 11.5. The van der Waals surface area contributed by atoms with Crippen molar-refractivity contribution < 1.29 is 9.90 Å². The van der Waals surface area contributed by atoms with Crippen LogP contribution in [-0.4, -0.2) is 33.6 Å². The van der Waals surface area contributed by atoms with Crippen molar-refractivity contribution in [3.63, 3.8) is 0 Å². The van der Waals surface area contributed by atoms with E-state index in [-0.39, 0.29) is 11.1 Å². The summed E-state index contributed by atoms with van der Waals surface area (Å²) in [7, 11) is 1.89. The van der Waals surface area contributed by atoms with E-state index >= 15 is 0 Å². The summed E-state index contributed by atoms with van der Waals surface area (Å²) in [5.41, 5.74) is 0.533. The first-order valence-electron chi connectivity index (χ1n) is 6.03. The Morgan fingerprint density at radius 3 is 2.58 bits per heavy atom. The number of carbonyl (C=O) groups is 1. The van der Waals surface area contributed by atoms with Crippen LogP contribution in [0.2, 0.25) is 0 Å². The van der Waals surface area contributed by atoms with E-state index < -0.39 is 5.97 Å². The zero-order chi connectivity index (χ0) is 14.2. The number of aromatic nitrogens is 2. The maximum absolute atomic E-state index is 11.2. The third-order valence-corrected chi connectivity index (χ3v) is 3.13. The van der Waals surface area contributed by atoms with E-state index in [2.05, 4.69) is 9.97 Å². The Bertz CT molecular complexity index is 632. The molecule has 1 aromatic carbocycles. The molecular formula is C14H17N3O2. The highest BCUT2D eigenvalue weighted by Gasteiger charge is 2.20. The molecule has 0 bridgehead atoms. The predicted octanol–water partition coefficient (Wildman–Crippen LogP) is 2.56. The molecule has 5 nitrogen and oxygen atoms in total. The molecule has 1 heterocycles. The van der Waals surface area contributed by atoms with Crippen LogP contribution in [0.4, 0.5) is 5.95 Å². The van der Waals surface area contributed by atoms with Crippen LogP contribution in [0.1, 0.15) is 31.1 Å². The molecule has 0 atom stereocenters. The van der Waals surface area contributed by atoms with E-state index in [1.807, 2.05) is 38.8 Å². The van der Waals surface area contributed by atoms with Gasteiger partial charge in [0.1, 0.15) is 0 Å². The van der Waals surface area contributed by atoms with Crippen LogP contribution < -0.4 is 4.90 Å². The summed E-state index contributed by atoms with van der Waals surface area (Å²) in [5.74, 6) is -0.456. The molecule has 5 heteroatoms. The number of rotatable bonds is 2. The van der Waals surface area contributed by atoms with Gasteiger partial charge in [0.25, 0.3) is 0 Å². The van der Waals surface area contributed by atoms with E-state index in [0.29, 0.717) is 11.5 Å². The highest BCUT2D eigenvalue weighted by Crippen LogP contribution is 2.22. The number of benzene rings is 1. The van der Waals surface area contributed by atoms with Gasteiger partial charge < -0.3 is 10.0 Å². The van der Waals surface area contributed by atoms with Gasteiger partial charge in [0.2, 0.25) is 5.95 Å². The lowest BCUT2D eigenvalue weighted by molar-refractivity contribution is 0.0699. The number of anilines is 1. The fraction of sp³-hybridized carbons (Fsp3) is 0.357. The Morgan fingerprint density at radius 2 is 2.00 bits per heavy atom. The second-order valence-corrected chi connectivity index (χ2v) is 5.45. The molecule has 0 spiro atoms. The van der Waals surface area contributed by atoms with E-state index in [4.69, 9.17) is 0 Å². The van der Waals surface area contributed by atoms with E-state index in [1.165, 1.54) is 0 Å². The van der Waals surface area contributed by atoms with Gasteiger partial charge in [-0.05, 0) is 26.8 Å². The van der Waals surface area contributed by atoms with E-state index in [1.54, 1.807) is 18.3 Å². The molecule has 2 aromatic rings. The fourth-order valence-electron chi connectivity index (χ4n) is 1.68. The number of carboxylic acid groups (broad SMARTS) is 1. The van der Waals surface area contributed by atoms with Crippen molar-refractivity contribution in [3.05, 3.63) is 30.0 Å². The Labute approximate surface area is 111 Å². The number of fused-ring (bicyclic) bond motifs is 1. The summed E-state index contributed by atoms with van der Waals surface area (Å²) in [6.07, 6.45) is 1.66. The van der Waals surface area contributed by atoms with Crippen LogP contribution in [0.15, 0.2) is 24.4 Å². The quantitative estimate of drug-likeness (QED) is 0.897. The van der Waals surface area contributed by atoms with Crippen LogP contribution in [0, 0.1) is 0 Å². The van der Waals surface area contributed by atoms with Crippen molar-refractivity contribution in [1.29, 1.82) is 0 Å². The first kappa shape index (κ1) is 13.3. The van der Waals surface area contributed by atoms with Crippen molar-refractivity contribution in [1.82, 2.24) is 9.97 Å². The van der Waals surface area contributed by atoms with Crippen LogP contribution in [0.5, 0.6) is 0 Å². The maximum Gasteiger partial charge on any atom is 0.337 e. The number of nitrogens with zero attached hydrogens (tertiary/aromatic N) is 3. The van der Waals surface area contributed by atoms with Gasteiger partial charge in [-0.1, -0.05) is 12.1 Å². The standard InChI is InChI=1S/C14H17N3O2/c1-14(2,3)17(4)13-15-8-9-6-5-7-10(12(18)19)11(9)16-13/h5-8H,1-4H3,(H,18,19). The highest BCUT2D eigenvalue weighted by molar-refractivity contribution is 6.01. The Kier molecular flexibility index (Phi) is 3.14. The van der Waals surface area contributed by atoms with Crippen molar-refractivity contribution >= 4 is 22.8 Å². The molecule has 0 radical (unpaired) electrons. The SMILES string of the molecule is CN(c1ncc2cccc(C(=O)O)c2n1)C(C)(C)C. The summed E-state index contributed by atoms with van der Waals surface area (Å²) < 4.78 is 0. The first-order chi connectivity index (χ1) is 8.80. The molecule has 0 saturated heterocycles. The fourth-order valence-corrected chi connectivity index (χ4v) is 1.68. The minimum absolute atomic E-state index is 0.133. The summed E-state index contributed by atoms with van der Waals surface area (Å²) >= 11 is 0. The molecule has 0 fully saturated rings. The van der Waals surface area contributed by atoms with Gasteiger partial charge >= 0.3 is 5.97 Å². The van der Waals surface area contributed by atoms with Crippen molar-refractivity contribution in [2.24, 2.45) is 0 Å². The van der Waals surface area contributed by atoms with Crippen LogP contribution in [0.3, 0.4) is 0 Å². The van der Waals surface area contributed by atoms with Gasteiger partial charge in [-0.15, -0.1) is 0 Å². The second-order valence-electron chi connectivity index (χ2n) is 5.45. The smallest absolute Gasteiger partial charge is 0.337 e. The average Bonchev–Trinajstić information content (AvgIpc) is 2.35. The molecule has 0 amide bonds. The molecule has 19 heavy (non-hydrogen) atoms. The summed E-state index contributed by atoms with van der Waals surface area (Å²) in [6.45, 7) is 6.14. The molecule has 1 N–H and O–H groups in total. The van der Waals surface area contributed by atoms with Crippen LogP contribution >= 0.6 is 0 Å². The number of hydrogen-bond donors (Lipinski definition) is 1. The van der Waals surface area contributed by atoms with E-state index in [0.717, 1.165) is 5.39 Å². The molecular weight excluding hydrogens is 242 g/mol. The summed E-state index contributed by atoms with van der Waals surface area (Å²) in [4.78, 5) is 21.8. The van der Waals surface area contributed by atoms with Crippen molar-refractivity contribution in [2.75, 3.05) is 11.9 Å². The average molecular weight is 259 g/mol. The molecule has 1 aromatic heterocycles. The minimum Gasteiger partial charge on any atom is -0.478 e. The highest BCUT2D eigenvalue weighted by atomic mass is 16.4. The third kappa shape index (κ3) is 2.50. The second kappa shape index (κ2) is 4.50. The van der Waals surface area contributed by atoms with E-state index in [9.17, 15) is 9.90 Å². The van der Waals surface area contributed by atoms with Crippen LogP contribution in [-0.2, 0) is 0 Å². The Morgan fingerprint density at radius 1 is 1.32 bits per heavy atom. The van der Waals surface area contributed by atoms with Crippen molar-refractivity contribution in [2.45, 2.75) is 26.3 Å². The Balaban J connectivity index is 2.62. The molecule has 0 aliphatic carbocycles. The summed E-state index contributed by atoms with van der Waals surface area (Å²) in [5, 5.41) is 9.93. The lowest BCUT2D eigenvalue weighted by Crippen LogP contribution is -2.39. The number of aromatic carboxylic acids is 1. The molecule has 2 rings (SSSR count). The number of para-hydroxylation sites is 1.